The van der Waals surface area contributed by atoms with Gasteiger partial charge in [0.2, 0.25) is 5.96 Å². The van der Waals surface area contributed by atoms with E-state index in [9.17, 15) is 9.90 Å². The number of aliphatic imine (C=N–C) groups is 1. The maximum atomic E-state index is 12.7. The van der Waals surface area contributed by atoms with Crippen molar-refractivity contribution in [2.75, 3.05) is 33.3 Å². The Morgan fingerprint density at radius 3 is 2.42 bits per heavy atom. The molecule has 11 heteroatoms. The van der Waals surface area contributed by atoms with Crippen molar-refractivity contribution in [1.82, 2.24) is 20.1 Å². The highest BCUT2D eigenvalue weighted by Crippen LogP contribution is 2.39. The Kier molecular flexibility index (Phi) is 10.4. The molecule has 43 heavy (non-hydrogen) atoms. The first-order valence-electron chi connectivity index (χ1n) is 15.1. The van der Waals surface area contributed by atoms with Crippen molar-refractivity contribution in [2.24, 2.45) is 16.3 Å². The number of piperidine rings is 1. The van der Waals surface area contributed by atoms with E-state index in [0.29, 0.717) is 43.4 Å². The van der Waals surface area contributed by atoms with Crippen LogP contribution >= 0.6 is 0 Å². The van der Waals surface area contributed by atoms with E-state index in [4.69, 9.17) is 21.0 Å². The lowest BCUT2D eigenvalue weighted by atomic mass is 9.81. The van der Waals surface area contributed by atoms with Crippen LogP contribution in [0.4, 0.5) is 4.79 Å². The molecule has 1 aromatic heterocycles. The van der Waals surface area contributed by atoms with Crippen molar-refractivity contribution in [1.29, 1.82) is 16.2 Å². The van der Waals surface area contributed by atoms with Gasteiger partial charge in [-0.05, 0) is 60.3 Å². The summed E-state index contributed by atoms with van der Waals surface area (Å²) in [7, 11) is 1.62. The van der Waals surface area contributed by atoms with Crippen LogP contribution < -0.4 is 20.9 Å². The summed E-state index contributed by atoms with van der Waals surface area (Å²) in [5.41, 5.74) is 2.62. The van der Waals surface area contributed by atoms with Crippen molar-refractivity contribution < 1.29 is 14.6 Å². The van der Waals surface area contributed by atoms with Gasteiger partial charge in [0.25, 0.3) is 0 Å². The van der Waals surface area contributed by atoms with Gasteiger partial charge in [-0.3, -0.25) is 25.7 Å². The minimum Gasteiger partial charge on any atom is -0.484 e. The number of pyridine rings is 1. The molecule has 0 spiro atoms. The normalized spacial score (nSPS) is 19.4. The fourth-order valence-electron chi connectivity index (χ4n) is 5.55. The minimum absolute atomic E-state index is 0.118. The predicted octanol–water partition coefficient (Wildman–Crippen LogP) is 4.24. The van der Waals surface area contributed by atoms with Gasteiger partial charge in [0.05, 0.1) is 6.20 Å². The zero-order valence-corrected chi connectivity index (χ0v) is 25.7. The number of urea groups is 1. The Hall–Kier alpha value is -3.99. The van der Waals surface area contributed by atoms with Crippen LogP contribution in [0.3, 0.4) is 0 Å². The molecule has 0 bridgehead atoms. The van der Waals surface area contributed by atoms with Crippen LogP contribution in [0.15, 0.2) is 47.6 Å². The number of fused-ring (bicyclic) bond motifs is 1. The molecule has 2 atom stereocenters. The summed E-state index contributed by atoms with van der Waals surface area (Å²) in [5, 5.41) is 40.6. The Balaban J connectivity index is 1.39. The average molecular weight is 591 g/mol. The number of carbonyl (C=O) groups excluding carboxylic acids is 1. The highest BCUT2D eigenvalue weighted by molar-refractivity contribution is 6.09. The molecular formula is C32H46N8O3. The van der Waals surface area contributed by atoms with Crippen LogP contribution in [0.5, 0.6) is 5.75 Å². The summed E-state index contributed by atoms with van der Waals surface area (Å²) >= 11 is 0. The molecule has 2 amide bonds. The van der Waals surface area contributed by atoms with Crippen molar-refractivity contribution in [3.8, 4) is 5.75 Å². The fourth-order valence-corrected chi connectivity index (χ4v) is 5.55. The highest BCUT2D eigenvalue weighted by atomic mass is 16.5. The molecule has 2 unspecified atom stereocenters. The molecule has 232 valence electrons. The molecule has 4 rings (SSSR count). The Morgan fingerprint density at radius 1 is 1.07 bits per heavy atom. The van der Waals surface area contributed by atoms with Gasteiger partial charge >= 0.3 is 6.03 Å². The first-order chi connectivity index (χ1) is 20.5. The lowest BCUT2D eigenvalue weighted by Gasteiger charge is -2.34. The molecule has 2 aliphatic rings. The Morgan fingerprint density at radius 2 is 1.77 bits per heavy atom. The summed E-state index contributed by atoms with van der Waals surface area (Å²) in [6.45, 7) is 7.90. The topological polar surface area (TPSA) is 163 Å². The van der Waals surface area contributed by atoms with Gasteiger partial charge < -0.3 is 25.5 Å². The van der Waals surface area contributed by atoms with Crippen LogP contribution in [0.2, 0.25) is 0 Å². The lowest BCUT2D eigenvalue weighted by molar-refractivity contribution is 0.163. The zero-order chi connectivity index (χ0) is 31.1. The largest absolute Gasteiger partial charge is 0.484 e. The van der Waals surface area contributed by atoms with E-state index in [1.165, 1.54) is 0 Å². The van der Waals surface area contributed by atoms with Crippen LogP contribution in [0, 0.1) is 27.6 Å². The number of amides is 2. The van der Waals surface area contributed by atoms with Gasteiger partial charge in [-0.15, -0.1) is 0 Å². The molecule has 6 N–H and O–H groups in total. The third-order valence-electron chi connectivity index (χ3n) is 8.45. The molecule has 1 fully saturated rings. The van der Waals surface area contributed by atoms with Crippen molar-refractivity contribution in [2.45, 2.75) is 64.9 Å². The number of carbonyl (C=O) groups is 1. The van der Waals surface area contributed by atoms with Gasteiger partial charge in [0.1, 0.15) is 23.2 Å². The second-order valence-corrected chi connectivity index (χ2v) is 12.5. The van der Waals surface area contributed by atoms with Gasteiger partial charge in [0.15, 0.2) is 0 Å². The van der Waals surface area contributed by atoms with Gasteiger partial charge in [-0.25, -0.2) is 4.79 Å². The number of aromatic nitrogens is 1. The molecular weight excluding hydrogens is 544 g/mol. The smallest absolute Gasteiger partial charge is 0.320 e. The second-order valence-electron chi connectivity index (χ2n) is 12.5. The molecule has 2 heterocycles. The number of rotatable bonds is 7. The van der Waals surface area contributed by atoms with Crippen LogP contribution in [0.1, 0.15) is 76.0 Å². The monoisotopic (exact) mass is 590 g/mol. The predicted molar refractivity (Wildman–Crippen MR) is 168 cm³/mol. The fraction of sp³-hybridized carbons (Fsp3) is 0.531. The number of aliphatic hydroxyl groups excluding tert-OH is 1. The van der Waals surface area contributed by atoms with Crippen LogP contribution in [-0.2, 0) is 0 Å². The van der Waals surface area contributed by atoms with E-state index in [-0.39, 0.29) is 47.4 Å². The van der Waals surface area contributed by atoms with Gasteiger partial charge in [-0.1, -0.05) is 45.0 Å². The second kappa shape index (κ2) is 14.0. The van der Waals surface area contributed by atoms with Crippen LogP contribution in [-0.4, -0.2) is 71.4 Å². The highest BCUT2D eigenvalue weighted by Gasteiger charge is 2.29. The molecule has 1 aliphatic carbocycles. The number of aliphatic hydroxyl groups is 1. The molecule has 1 aromatic carbocycles. The number of ether oxygens (including phenoxy) is 1. The summed E-state index contributed by atoms with van der Waals surface area (Å²) in [6.07, 6.45) is 5.05. The van der Waals surface area contributed by atoms with E-state index >= 15 is 0 Å². The third-order valence-corrected chi connectivity index (χ3v) is 8.45. The van der Waals surface area contributed by atoms with Crippen molar-refractivity contribution >= 4 is 23.5 Å². The van der Waals surface area contributed by atoms with Crippen molar-refractivity contribution in [3.05, 3.63) is 59.2 Å². The number of benzene rings is 1. The van der Waals surface area contributed by atoms with Crippen LogP contribution in [0.25, 0.3) is 0 Å². The SMILES string of the molecule is CN=C(CC(=N)C(C)(C)C)NC(=O)NCC1CCC(Oc2ccc(=N)n(C(=N)N3CCC(CO)CC3)c2)c2ccccc21. The molecule has 2 aromatic rings. The number of hydrogen-bond donors (Lipinski definition) is 6. The Labute approximate surface area is 253 Å². The number of amidine groups is 1. The average Bonchev–Trinajstić information content (AvgIpc) is 3.00. The Bertz CT molecular complexity index is 1400. The number of nitrogens with zero attached hydrogens (tertiary/aromatic N) is 3. The molecule has 0 saturated carbocycles. The molecule has 1 saturated heterocycles. The summed E-state index contributed by atoms with van der Waals surface area (Å²) in [6, 6.07) is 11.2. The molecule has 11 nitrogen and oxygen atoms in total. The summed E-state index contributed by atoms with van der Waals surface area (Å²) < 4.78 is 8.01. The van der Waals surface area contributed by atoms with E-state index in [2.05, 4.69) is 27.8 Å². The maximum absolute atomic E-state index is 12.7. The standard InChI is InChI=1S/C32H46N8O3/c1-32(2,3)27(33)17-29(36-4)38-31(42)37-18-22-9-11-26(25-8-6-5-7-24(22)25)43-23-10-12-28(34)40(19-23)30(35)39-15-13-21(20-41)14-16-39/h5-8,10,12,19,21-22,26,33-35,41H,9,11,13-18,20H2,1-4H3,(H2,36,37,38,42). The van der Waals surface area contributed by atoms with Gasteiger partial charge in [-0.2, -0.15) is 0 Å². The van der Waals surface area contributed by atoms with E-state index in [1.807, 2.05) is 37.8 Å². The molecule has 0 radical (unpaired) electrons. The number of likely N-dealkylation sites (tertiary alicyclic amines) is 1. The third kappa shape index (κ3) is 8.10. The summed E-state index contributed by atoms with van der Waals surface area (Å²) in [4.78, 5) is 18.8. The minimum atomic E-state index is -0.332. The van der Waals surface area contributed by atoms with Crippen molar-refractivity contribution in [3.63, 3.8) is 0 Å². The first-order valence-corrected chi connectivity index (χ1v) is 15.1. The van der Waals surface area contributed by atoms with E-state index in [0.717, 1.165) is 36.8 Å². The summed E-state index contributed by atoms with van der Waals surface area (Å²) in [5.74, 6) is 1.69. The first kappa shape index (κ1) is 31.9. The number of nitrogens with one attached hydrogen (secondary N) is 5. The number of hydrogen-bond acceptors (Lipinski definition) is 7. The zero-order valence-electron chi connectivity index (χ0n) is 25.7. The molecule has 1 aliphatic heterocycles. The van der Waals surface area contributed by atoms with E-state index < -0.39 is 0 Å². The maximum Gasteiger partial charge on any atom is 0.320 e. The quantitative estimate of drug-likeness (QED) is 0.210. The van der Waals surface area contributed by atoms with E-state index in [1.54, 1.807) is 29.9 Å². The van der Waals surface area contributed by atoms with Gasteiger partial charge in [0, 0.05) is 51.3 Å². The lowest BCUT2D eigenvalue weighted by Crippen LogP contribution is -2.44.